The molecule has 0 aliphatic heterocycles. The van der Waals surface area contributed by atoms with Crippen LogP contribution in [-0.4, -0.2) is 20.6 Å². The summed E-state index contributed by atoms with van der Waals surface area (Å²) >= 11 is 6.37. The van der Waals surface area contributed by atoms with E-state index in [1.54, 1.807) is 24.4 Å². The number of carboxylic acids is 1. The van der Waals surface area contributed by atoms with Crippen molar-refractivity contribution in [1.82, 2.24) is 9.55 Å². The average Bonchev–Trinajstić information content (AvgIpc) is 3.10. The number of unbranched alkanes of at least 4 members (excludes halogenated alkanes) is 1. The second kappa shape index (κ2) is 10.1. The summed E-state index contributed by atoms with van der Waals surface area (Å²) in [5, 5.41) is 10.5. The first-order chi connectivity index (χ1) is 14.5. The summed E-state index contributed by atoms with van der Waals surface area (Å²) in [5.41, 5.74) is 9.30. The summed E-state index contributed by atoms with van der Waals surface area (Å²) in [4.78, 5) is 16.5. The third kappa shape index (κ3) is 5.51. The molecule has 2 aromatic carbocycles. The smallest absolute Gasteiger partial charge is 0.331 e. The van der Waals surface area contributed by atoms with E-state index in [0.29, 0.717) is 29.2 Å². The Balaban J connectivity index is 1.97. The number of aryl methyl sites for hydroxylation is 1. The molecule has 6 heteroatoms. The van der Waals surface area contributed by atoms with Gasteiger partial charge in [0.2, 0.25) is 0 Å². The molecule has 5 nitrogen and oxygen atoms in total. The van der Waals surface area contributed by atoms with E-state index >= 15 is 0 Å². The summed E-state index contributed by atoms with van der Waals surface area (Å²) in [6.45, 7) is 2.68. The van der Waals surface area contributed by atoms with Crippen molar-refractivity contribution in [3.63, 3.8) is 0 Å². The summed E-state index contributed by atoms with van der Waals surface area (Å²) in [6.07, 6.45) is 6.65. The molecule has 0 saturated heterocycles. The Bertz CT molecular complexity index is 1040. The van der Waals surface area contributed by atoms with Crippen LogP contribution >= 0.6 is 11.6 Å². The van der Waals surface area contributed by atoms with Crippen molar-refractivity contribution in [2.45, 2.75) is 39.2 Å². The first-order valence-electron chi connectivity index (χ1n) is 10.0. The molecule has 0 unspecified atom stereocenters. The highest BCUT2D eigenvalue weighted by molar-refractivity contribution is 6.31. The van der Waals surface area contributed by atoms with E-state index in [2.05, 4.69) is 16.5 Å². The van der Waals surface area contributed by atoms with Gasteiger partial charge in [0.05, 0.1) is 18.4 Å². The van der Waals surface area contributed by atoms with Crippen LogP contribution in [0, 0.1) is 0 Å². The number of hydrogen-bond acceptors (Lipinski definition) is 3. The fourth-order valence-electron chi connectivity index (χ4n) is 3.28. The van der Waals surface area contributed by atoms with E-state index in [1.165, 1.54) is 0 Å². The standard InChI is InChI=1S/C24H26ClN3O2/c1-2-3-8-23-27-15-21(28(23)16-18-6-4-5-7-22(18)25)14-19(24(29)30)13-17-9-11-20(26)12-10-17/h4-7,9-12,14-15H,2-3,8,13,16,26H2,1H3,(H,29,30). The maximum Gasteiger partial charge on any atom is 0.331 e. The van der Waals surface area contributed by atoms with Gasteiger partial charge in [-0.15, -0.1) is 0 Å². The number of benzene rings is 2. The highest BCUT2D eigenvalue weighted by atomic mass is 35.5. The number of imidazole rings is 1. The van der Waals surface area contributed by atoms with Crippen molar-refractivity contribution in [1.29, 1.82) is 0 Å². The summed E-state index contributed by atoms with van der Waals surface area (Å²) in [6, 6.07) is 14.9. The van der Waals surface area contributed by atoms with E-state index in [-0.39, 0.29) is 0 Å². The quantitative estimate of drug-likeness (QED) is 0.365. The average molecular weight is 424 g/mol. The number of rotatable bonds is 9. The van der Waals surface area contributed by atoms with Gasteiger partial charge < -0.3 is 15.4 Å². The first-order valence-corrected chi connectivity index (χ1v) is 10.4. The number of aromatic nitrogens is 2. The lowest BCUT2D eigenvalue weighted by Gasteiger charge is -2.12. The van der Waals surface area contributed by atoms with Crippen molar-refractivity contribution in [3.05, 3.63) is 88.0 Å². The molecule has 0 saturated carbocycles. The van der Waals surface area contributed by atoms with Crippen molar-refractivity contribution < 1.29 is 9.90 Å². The van der Waals surface area contributed by atoms with Gasteiger partial charge in [-0.2, -0.15) is 0 Å². The maximum absolute atomic E-state index is 11.9. The molecule has 0 spiro atoms. The van der Waals surface area contributed by atoms with Gasteiger partial charge in [-0.05, 0) is 41.8 Å². The SMILES string of the molecule is CCCCc1ncc(C=C(Cc2ccc(N)cc2)C(=O)O)n1Cc1ccccc1Cl. The van der Waals surface area contributed by atoms with Gasteiger partial charge in [-0.25, -0.2) is 9.78 Å². The van der Waals surface area contributed by atoms with Gasteiger partial charge in [0, 0.05) is 29.1 Å². The fraction of sp³-hybridized carbons (Fsp3) is 0.250. The minimum Gasteiger partial charge on any atom is -0.478 e. The topological polar surface area (TPSA) is 81.1 Å². The molecule has 1 aromatic heterocycles. The number of aliphatic carboxylic acids is 1. The zero-order chi connectivity index (χ0) is 21.5. The molecule has 3 rings (SSSR count). The number of nitrogen functional groups attached to an aromatic ring is 1. The van der Waals surface area contributed by atoms with Crippen LogP contribution in [0.4, 0.5) is 5.69 Å². The molecular weight excluding hydrogens is 398 g/mol. The molecule has 0 bridgehead atoms. The number of carboxylic acid groups (broad SMARTS) is 1. The highest BCUT2D eigenvalue weighted by Crippen LogP contribution is 2.21. The molecule has 156 valence electrons. The Hall–Kier alpha value is -3.05. The Kier molecular flexibility index (Phi) is 7.31. The summed E-state index contributed by atoms with van der Waals surface area (Å²) in [7, 11) is 0. The van der Waals surface area contributed by atoms with Crippen LogP contribution in [0.5, 0.6) is 0 Å². The molecule has 3 N–H and O–H groups in total. The summed E-state index contributed by atoms with van der Waals surface area (Å²) < 4.78 is 2.06. The monoisotopic (exact) mass is 423 g/mol. The van der Waals surface area contributed by atoms with Crippen LogP contribution in [0.15, 0.2) is 60.3 Å². The Morgan fingerprint density at radius 2 is 1.93 bits per heavy atom. The molecular formula is C24H26ClN3O2. The van der Waals surface area contributed by atoms with Crippen LogP contribution in [0.2, 0.25) is 5.02 Å². The van der Waals surface area contributed by atoms with Gasteiger partial charge in [0.1, 0.15) is 5.82 Å². The minimum absolute atomic E-state index is 0.294. The number of nitrogens with zero attached hydrogens (tertiary/aromatic N) is 2. The Labute approximate surface area is 181 Å². The van der Waals surface area contributed by atoms with Crippen LogP contribution in [0.25, 0.3) is 6.08 Å². The lowest BCUT2D eigenvalue weighted by Crippen LogP contribution is -2.09. The maximum atomic E-state index is 11.9. The van der Waals surface area contributed by atoms with E-state index in [9.17, 15) is 9.90 Å². The molecule has 0 radical (unpaired) electrons. The molecule has 0 fully saturated rings. The van der Waals surface area contributed by atoms with Gasteiger partial charge >= 0.3 is 5.97 Å². The molecule has 1 heterocycles. The molecule has 0 aliphatic carbocycles. The predicted octanol–water partition coefficient (Wildman–Crippen LogP) is 5.22. The first kappa shape index (κ1) is 21.7. The van der Waals surface area contributed by atoms with Crippen molar-refractivity contribution in [2.75, 3.05) is 5.73 Å². The highest BCUT2D eigenvalue weighted by Gasteiger charge is 2.14. The second-order valence-corrected chi connectivity index (χ2v) is 7.68. The van der Waals surface area contributed by atoms with Gasteiger partial charge in [-0.1, -0.05) is 55.3 Å². The largest absolute Gasteiger partial charge is 0.478 e. The molecule has 0 aliphatic rings. The number of anilines is 1. The third-order valence-corrected chi connectivity index (χ3v) is 5.35. The van der Waals surface area contributed by atoms with Crippen molar-refractivity contribution >= 4 is 29.3 Å². The van der Waals surface area contributed by atoms with Crippen molar-refractivity contribution in [2.24, 2.45) is 0 Å². The molecule has 0 amide bonds. The van der Waals surface area contributed by atoms with E-state index < -0.39 is 5.97 Å². The zero-order valence-electron chi connectivity index (χ0n) is 17.0. The molecule has 30 heavy (non-hydrogen) atoms. The van der Waals surface area contributed by atoms with Gasteiger partial charge in [0.15, 0.2) is 0 Å². The Morgan fingerprint density at radius 3 is 2.60 bits per heavy atom. The normalized spacial score (nSPS) is 11.6. The lowest BCUT2D eigenvalue weighted by atomic mass is 10.0. The lowest BCUT2D eigenvalue weighted by molar-refractivity contribution is -0.132. The van der Waals surface area contributed by atoms with E-state index in [4.69, 9.17) is 17.3 Å². The third-order valence-electron chi connectivity index (χ3n) is 4.98. The van der Waals surface area contributed by atoms with Crippen LogP contribution in [0.1, 0.15) is 42.4 Å². The number of nitrogens with two attached hydrogens (primary N) is 1. The number of hydrogen-bond donors (Lipinski definition) is 2. The van der Waals surface area contributed by atoms with Crippen molar-refractivity contribution in [3.8, 4) is 0 Å². The number of carbonyl (C=O) groups is 1. The minimum atomic E-state index is -0.951. The summed E-state index contributed by atoms with van der Waals surface area (Å²) in [5.74, 6) is -0.0207. The molecule has 0 atom stereocenters. The van der Waals surface area contributed by atoms with Crippen LogP contribution in [0.3, 0.4) is 0 Å². The van der Waals surface area contributed by atoms with E-state index in [0.717, 1.165) is 41.9 Å². The van der Waals surface area contributed by atoms with Crippen LogP contribution < -0.4 is 5.73 Å². The van der Waals surface area contributed by atoms with Crippen LogP contribution in [-0.2, 0) is 24.2 Å². The molecule has 3 aromatic rings. The number of halogens is 1. The zero-order valence-corrected chi connectivity index (χ0v) is 17.8. The van der Waals surface area contributed by atoms with Gasteiger partial charge in [0.25, 0.3) is 0 Å². The van der Waals surface area contributed by atoms with Gasteiger partial charge in [-0.3, -0.25) is 0 Å². The fourth-order valence-corrected chi connectivity index (χ4v) is 3.48. The van der Waals surface area contributed by atoms with E-state index in [1.807, 2.05) is 36.4 Å². The second-order valence-electron chi connectivity index (χ2n) is 7.27. The Morgan fingerprint density at radius 1 is 1.20 bits per heavy atom. The predicted molar refractivity (Wildman–Crippen MR) is 122 cm³/mol.